The number of halogens is 3. The first kappa shape index (κ1) is 15.7. The van der Waals surface area contributed by atoms with Crippen LogP contribution in [-0.4, -0.2) is 38.9 Å². The Morgan fingerprint density at radius 3 is 2.86 bits per heavy atom. The minimum absolute atomic E-state index is 0.0990. The van der Waals surface area contributed by atoms with Gasteiger partial charge in [-0.2, -0.15) is 18.3 Å². The number of amides is 1. The van der Waals surface area contributed by atoms with Crippen LogP contribution in [0.3, 0.4) is 0 Å². The molecule has 22 heavy (non-hydrogen) atoms. The SMILES string of the molecule is C[C@@H](NC(=O)c1cccnc1OCC(F)(F)F)c1ncn[nH]1. The Kier molecular flexibility index (Phi) is 4.59. The summed E-state index contributed by atoms with van der Waals surface area (Å²) in [4.78, 5) is 19.7. The summed E-state index contributed by atoms with van der Waals surface area (Å²) in [7, 11) is 0. The molecule has 0 saturated heterocycles. The van der Waals surface area contributed by atoms with Gasteiger partial charge in [-0.15, -0.1) is 0 Å². The summed E-state index contributed by atoms with van der Waals surface area (Å²) < 4.78 is 41.2. The zero-order valence-corrected chi connectivity index (χ0v) is 11.4. The van der Waals surface area contributed by atoms with Crippen molar-refractivity contribution in [2.75, 3.05) is 6.61 Å². The number of carbonyl (C=O) groups is 1. The number of nitrogens with zero attached hydrogens (tertiary/aromatic N) is 3. The number of pyridine rings is 1. The van der Waals surface area contributed by atoms with Gasteiger partial charge in [0.2, 0.25) is 5.88 Å². The maximum Gasteiger partial charge on any atom is 0.422 e. The van der Waals surface area contributed by atoms with E-state index in [0.717, 1.165) is 0 Å². The number of aromatic nitrogens is 4. The number of aromatic amines is 1. The minimum atomic E-state index is -4.52. The average Bonchev–Trinajstić information content (AvgIpc) is 2.99. The van der Waals surface area contributed by atoms with Crippen LogP contribution in [-0.2, 0) is 0 Å². The molecule has 1 amide bonds. The highest BCUT2D eigenvalue weighted by Crippen LogP contribution is 2.20. The second-order valence-electron chi connectivity index (χ2n) is 4.33. The molecular weight excluding hydrogens is 303 g/mol. The van der Waals surface area contributed by atoms with Crippen LogP contribution in [0.5, 0.6) is 5.88 Å². The molecule has 7 nitrogen and oxygen atoms in total. The number of carbonyl (C=O) groups excluding carboxylic acids is 1. The Bertz CT molecular complexity index is 630. The lowest BCUT2D eigenvalue weighted by atomic mass is 10.2. The third-order valence-corrected chi connectivity index (χ3v) is 2.58. The number of hydrogen-bond acceptors (Lipinski definition) is 5. The van der Waals surface area contributed by atoms with E-state index in [1.807, 2.05) is 0 Å². The van der Waals surface area contributed by atoms with Crippen molar-refractivity contribution in [1.29, 1.82) is 0 Å². The lowest BCUT2D eigenvalue weighted by molar-refractivity contribution is -0.154. The fourth-order valence-corrected chi connectivity index (χ4v) is 1.60. The molecular formula is C12H12F3N5O2. The Hall–Kier alpha value is -2.65. The van der Waals surface area contributed by atoms with Gasteiger partial charge in [-0.1, -0.05) is 0 Å². The van der Waals surface area contributed by atoms with Gasteiger partial charge in [0, 0.05) is 6.20 Å². The van der Waals surface area contributed by atoms with Gasteiger partial charge in [-0.05, 0) is 19.1 Å². The highest BCUT2D eigenvalue weighted by Gasteiger charge is 2.29. The first-order valence-corrected chi connectivity index (χ1v) is 6.17. The van der Waals surface area contributed by atoms with E-state index in [9.17, 15) is 18.0 Å². The number of alkyl halides is 3. The molecule has 2 N–H and O–H groups in total. The topological polar surface area (TPSA) is 92.8 Å². The van der Waals surface area contributed by atoms with Crippen LogP contribution >= 0.6 is 0 Å². The fraction of sp³-hybridized carbons (Fsp3) is 0.333. The van der Waals surface area contributed by atoms with Crippen molar-refractivity contribution in [2.45, 2.75) is 19.1 Å². The minimum Gasteiger partial charge on any atom is -0.467 e. The zero-order valence-electron chi connectivity index (χ0n) is 11.4. The van der Waals surface area contributed by atoms with Crippen molar-refractivity contribution < 1.29 is 22.7 Å². The molecule has 0 aliphatic carbocycles. The largest absolute Gasteiger partial charge is 0.467 e. The lowest BCUT2D eigenvalue weighted by Crippen LogP contribution is -2.28. The Labute approximate surface area is 122 Å². The maximum atomic E-state index is 12.2. The van der Waals surface area contributed by atoms with Crippen molar-refractivity contribution in [3.63, 3.8) is 0 Å². The van der Waals surface area contributed by atoms with Crippen LogP contribution in [0.2, 0.25) is 0 Å². The van der Waals surface area contributed by atoms with Crippen molar-refractivity contribution in [3.8, 4) is 5.88 Å². The number of hydrogen-bond donors (Lipinski definition) is 2. The molecule has 2 aromatic rings. The van der Waals surface area contributed by atoms with Crippen LogP contribution < -0.4 is 10.1 Å². The molecule has 0 aliphatic rings. The first-order chi connectivity index (χ1) is 10.4. The first-order valence-electron chi connectivity index (χ1n) is 6.17. The Morgan fingerprint density at radius 1 is 1.45 bits per heavy atom. The van der Waals surface area contributed by atoms with Gasteiger partial charge in [0.25, 0.3) is 5.91 Å². The number of rotatable bonds is 5. The van der Waals surface area contributed by atoms with E-state index in [1.54, 1.807) is 6.92 Å². The highest BCUT2D eigenvalue weighted by atomic mass is 19.4. The summed E-state index contributed by atoms with van der Waals surface area (Å²) in [5.41, 5.74) is -0.0990. The molecule has 0 bridgehead atoms. The quantitative estimate of drug-likeness (QED) is 0.875. The summed E-state index contributed by atoms with van der Waals surface area (Å²) in [6.45, 7) is 0.118. The van der Waals surface area contributed by atoms with E-state index in [0.29, 0.717) is 5.82 Å². The third-order valence-electron chi connectivity index (χ3n) is 2.58. The van der Waals surface area contributed by atoms with Crippen LogP contribution in [0.25, 0.3) is 0 Å². The summed E-state index contributed by atoms with van der Waals surface area (Å²) in [6, 6.07) is 2.24. The molecule has 10 heteroatoms. The zero-order chi connectivity index (χ0) is 16.2. The highest BCUT2D eigenvalue weighted by molar-refractivity contribution is 5.96. The Balaban J connectivity index is 2.09. The van der Waals surface area contributed by atoms with E-state index in [-0.39, 0.29) is 11.4 Å². The predicted molar refractivity (Wildman–Crippen MR) is 68.1 cm³/mol. The molecule has 0 unspecified atom stereocenters. The van der Waals surface area contributed by atoms with Gasteiger partial charge in [-0.25, -0.2) is 9.97 Å². The van der Waals surface area contributed by atoms with Gasteiger partial charge in [0.1, 0.15) is 17.7 Å². The molecule has 0 spiro atoms. The van der Waals surface area contributed by atoms with E-state index < -0.39 is 24.7 Å². The molecule has 2 aromatic heterocycles. The molecule has 0 fully saturated rings. The van der Waals surface area contributed by atoms with E-state index in [2.05, 4.69) is 30.2 Å². The average molecular weight is 315 g/mol. The monoisotopic (exact) mass is 315 g/mol. The number of nitrogens with one attached hydrogen (secondary N) is 2. The van der Waals surface area contributed by atoms with Crippen molar-refractivity contribution in [3.05, 3.63) is 36.0 Å². The smallest absolute Gasteiger partial charge is 0.422 e. The molecule has 0 saturated carbocycles. The molecule has 118 valence electrons. The molecule has 0 radical (unpaired) electrons. The summed E-state index contributed by atoms with van der Waals surface area (Å²) in [5.74, 6) is -0.605. The van der Waals surface area contributed by atoms with Gasteiger partial charge in [0.05, 0.1) is 6.04 Å². The molecule has 1 atom stereocenters. The van der Waals surface area contributed by atoms with E-state index >= 15 is 0 Å². The van der Waals surface area contributed by atoms with Crippen LogP contribution in [0.1, 0.15) is 29.1 Å². The van der Waals surface area contributed by atoms with Gasteiger partial charge < -0.3 is 10.1 Å². The van der Waals surface area contributed by atoms with Crippen LogP contribution in [0.15, 0.2) is 24.7 Å². The summed E-state index contributed by atoms with van der Waals surface area (Å²) in [6.07, 6.45) is -2.00. The van der Waals surface area contributed by atoms with Crippen molar-refractivity contribution >= 4 is 5.91 Å². The Morgan fingerprint density at radius 2 is 2.23 bits per heavy atom. The van der Waals surface area contributed by atoms with E-state index in [1.165, 1.54) is 24.7 Å². The van der Waals surface area contributed by atoms with Crippen LogP contribution in [0.4, 0.5) is 13.2 Å². The van der Waals surface area contributed by atoms with Crippen LogP contribution in [0, 0.1) is 0 Å². The second kappa shape index (κ2) is 6.41. The number of ether oxygens (including phenoxy) is 1. The lowest BCUT2D eigenvalue weighted by Gasteiger charge is -2.14. The molecule has 0 aliphatic heterocycles. The van der Waals surface area contributed by atoms with E-state index in [4.69, 9.17) is 0 Å². The van der Waals surface area contributed by atoms with Gasteiger partial charge in [0.15, 0.2) is 6.61 Å². The number of H-pyrrole nitrogens is 1. The van der Waals surface area contributed by atoms with Crippen molar-refractivity contribution in [2.24, 2.45) is 0 Å². The molecule has 0 aromatic carbocycles. The van der Waals surface area contributed by atoms with Crippen molar-refractivity contribution in [1.82, 2.24) is 25.5 Å². The summed E-state index contributed by atoms with van der Waals surface area (Å²) in [5, 5.41) is 8.79. The second-order valence-corrected chi connectivity index (χ2v) is 4.33. The van der Waals surface area contributed by atoms with Gasteiger partial charge >= 0.3 is 6.18 Å². The predicted octanol–water partition coefficient (Wildman–Crippen LogP) is 1.63. The maximum absolute atomic E-state index is 12.2. The summed E-state index contributed by atoms with van der Waals surface area (Å²) >= 11 is 0. The van der Waals surface area contributed by atoms with Gasteiger partial charge in [-0.3, -0.25) is 9.89 Å². The standard InChI is InChI=1S/C12H12F3N5O2/c1-7(9-17-6-18-20-9)19-10(21)8-3-2-4-16-11(8)22-5-12(13,14)15/h2-4,6-7H,5H2,1H3,(H,19,21)(H,17,18,20)/t7-/m1/s1. The molecule has 2 rings (SSSR count). The fourth-order valence-electron chi connectivity index (χ4n) is 1.60. The molecule has 2 heterocycles. The third kappa shape index (κ3) is 4.17. The normalized spacial score (nSPS) is 12.7.